The van der Waals surface area contributed by atoms with Crippen molar-refractivity contribution in [2.24, 2.45) is 17.8 Å². The molecule has 0 radical (unpaired) electrons. The molecule has 0 spiro atoms. The maximum atomic E-state index is 11.0. The van der Waals surface area contributed by atoms with E-state index in [2.05, 4.69) is 27.7 Å². The minimum atomic E-state index is -0.807. The average molecular weight is 208 g/mol. The first-order chi connectivity index (χ1) is 6.91. The average Bonchev–Trinajstić information content (AvgIpc) is 2.16. The summed E-state index contributed by atoms with van der Waals surface area (Å²) < 4.78 is 0. The summed E-state index contributed by atoms with van der Waals surface area (Å²) in [7, 11) is 0. The number of carboxylic acids is 1. The summed E-state index contributed by atoms with van der Waals surface area (Å²) in [5, 5.41) is 9.02. The fourth-order valence-electron chi connectivity index (χ4n) is 1.83. The summed E-state index contributed by atoms with van der Waals surface area (Å²) in [5.41, 5.74) is 1.72. The summed E-state index contributed by atoms with van der Waals surface area (Å²) in [6, 6.07) is 0. The van der Waals surface area contributed by atoms with Gasteiger partial charge in [-0.3, -0.25) is 0 Å². The van der Waals surface area contributed by atoms with Gasteiger partial charge in [-0.2, -0.15) is 0 Å². The van der Waals surface area contributed by atoms with E-state index in [0.717, 1.165) is 6.42 Å². The van der Waals surface area contributed by atoms with Crippen molar-refractivity contribution in [1.82, 2.24) is 0 Å². The Hall–Kier alpha value is -1.05. The standard InChI is InChI=1S/C13H20O2/c1-8(2)10-5-11(9(3)4)7-12(6-10)13(14)15/h6-10H,5H2,1-4H3,(H,14,15). The minimum absolute atomic E-state index is 0.374. The van der Waals surface area contributed by atoms with Gasteiger partial charge in [0.05, 0.1) is 5.57 Å². The molecule has 0 bridgehead atoms. The van der Waals surface area contributed by atoms with Gasteiger partial charge in [0, 0.05) is 0 Å². The molecule has 1 aliphatic rings. The maximum absolute atomic E-state index is 11.0. The number of allylic oxidation sites excluding steroid dienone is 2. The van der Waals surface area contributed by atoms with E-state index in [4.69, 9.17) is 5.11 Å². The molecule has 2 heteroatoms. The van der Waals surface area contributed by atoms with Crippen LogP contribution in [0.3, 0.4) is 0 Å². The summed E-state index contributed by atoms with van der Waals surface area (Å²) in [4.78, 5) is 11.0. The predicted molar refractivity (Wildman–Crippen MR) is 61.6 cm³/mol. The van der Waals surface area contributed by atoms with Crippen LogP contribution in [0.5, 0.6) is 0 Å². The third-order valence-corrected chi connectivity index (χ3v) is 3.05. The zero-order valence-electron chi connectivity index (χ0n) is 9.95. The molecule has 0 aromatic rings. The molecular formula is C13H20O2. The van der Waals surface area contributed by atoms with Crippen LogP contribution in [0.15, 0.2) is 23.3 Å². The van der Waals surface area contributed by atoms with Crippen LogP contribution in [0.25, 0.3) is 0 Å². The molecular weight excluding hydrogens is 188 g/mol. The summed E-state index contributed by atoms with van der Waals surface area (Å²) in [5.74, 6) is 0.508. The SMILES string of the molecule is CC(C)C1=CC(C(=O)O)=CC(C(C)C)C1. The lowest BCUT2D eigenvalue weighted by Gasteiger charge is -2.25. The summed E-state index contributed by atoms with van der Waals surface area (Å²) in [6.07, 6.45) is 4.75. The molecule has 1 aliphatic carbocycles. The highest BCUT2D eigenvalue weighted by atomic mass is 16.4. The molecule has 0 fully saturated rings. The van der Waals surface area contributed by atoms with E-state index in [-0.39, 0.29) is 0 Å². The zero-order valence-corrected chi connectivity index (χ0v) is 9.95. The van der Waals surface area contributed by atoms with E-state index in [1.54, 1.807) is 0 Å². The fraction of sp³-hybridized carbons (Fsp3) is 0.615. The molecule has 2 nitrogen and oxygen atoms in total. The van der Waals surface area contributed by atoms with Crippen LogP contribution >= 0.6 is 0 Å². The Labute approximate surface area is 91.7 Å². The molecule has 0 aliphatic heterocycles. The molecule has 1 rings (SSSR count). The van der Waals surface area contributed by atoms with Crippen LogP contribution in [0, 0.1) is 17.8 Å². The molecule has 0 aromatic carbocycles. The maximum Gasteiger partial charge on any atom is 0.335 e. The van der Waals surface area contributed by atoms with Crippen LogP contribution in [0.1, 0.15) is 34.1 Å². The van der Waals surface area contributed by atoms with Crippen molar-refractivity contribution < 1.29 is 9.90 Å². The summed E-state index contributed by atoms with van der Waals surface area (Å²) in [6.45, 7) is 8.52. The van der Waals surface area contributed by atoms with Gasteiger partial charge in [-0.05, 0) is 30.3 Å². The molecule has 84 valence electrons. The summed E-state index contributed by atoms with van der Waals surface area (Å²) >= 11 is 0. The van der Waals surface area contributed by atoms with Crippen molar-refractivity contribution in [1.29, 1.82) is 0 Å². The first-order valence-corrected chi connectivity index (χ1v) is 5.57. The number of carboxylic acid groups (broad SMARTS) is 1. The van der Waals surface area contributed by atoms with E-state index in [1.807, 2.05) is 12.2 Å². The first kappa shape index (κ1) is 12.0. The van der Waals surface area contributed by atoms with E-state index in [9.17, 15) is 4.79 Å². The largest absolute Gasteiger partial charge is 0.478 e. The van der Waals surface area contributed by atoms with E-state index < -0.39 is 5.97 Å². The third kappa shape index (κ3) is 2.95. The quantitative estimate of drug-likeness (QED) is 0.773. The Morgan fingerprint density at radius 1 is 1.40 bits per heavy atom. The van der Waals surface area contributed by atoms with Crippen LogP contribution in [-0.4, -0.2) is 11.1 Å². The molecule has 0 saturated carbocycles. The zero-order chi connectivity index (χ0) is 11.6. The van der Waals surface area contributed by atoms with Gasteiger partial charge in [0.1, 0.15) is 0 Å². The van der Waals surface area contributed by atoms with Gasteiger partial charge in [0.2, 0.25) is 0 Å². The minimum Gasteiger partial charge on any atom is -0.478 e. The first-order valence-electron chi connectivity index (χ1n) is 5.57. The van der Waals surface area contributed by atoms with Crippen LogP contribution in [0.2, 0.25) is 0 Å². The van der Waals surface area contributed by atoms with Crippen molar-refractivity contribution in [2.45, 2.75) is 34.1 Å². The van der Waals surface area contributed by atoms with Gasteiger partial charge in [-0.15, -0.1) is 0 Å². The molecule has 0 saturated heterocycles. The normalized spacial score (nSPS) is 21.6. The molecule has 1 N–H and O–H groups in total. The molecule has 0 amide bonds. The number of carbonyl (C=O) groups is 1. The van der Waals surface area contributed by atoms with Crippen molar-refractivity contribution >= 4 is 5.97 Å². The van der Waals surface area contributed by atoms with Gasteiger partial charge < -0.3 is 5.11 Å². The van der Waals surface area contributed by atoms with Crippen LogP contribution in [0.4, 0.5) is 0 Å². The van der Waals surface area contributed by atoms with Gasteiger partial charge in [-0.25, -0.2) is 4.79 Å². The Kier molecular flexibility index (Phi) is 3.72. The monoisotopic (exact) mass is 208 g/mol. The Morgan fingerprint density at radius 2 is 2.00 bits per heavy atom. The highest BCUT2D eigenvalue weighted by Crippen LogP contribution is 2.31. The molecule has 1 atom stereocenters. The van der Waals surface area contributed by atoms with Gasteiger partial charge in [0.25, 0.3) is 0 Å². The fourth-order valence-corrected chi connectivity index (χ4v) is 1.83. The Bertz CT molecular complexity index is 308. The van der Waals surface area contributed by atoms with Gasteiger partial charge in [-0.1, -0.05) is 39.3 Å². The van der Waals surface area contributed by atoms with Crippen molar-refractivity contribution in [2.75, 3.05) is 0 Å². The Balaban J connectivity index is 2.97. The van der Waals surface area contributed by atoms with Crippen LogP contribution < -0.4 is 0 Å². The van der Waals surface area contributed by atoms with Crippen LogP contribution in [-0.2, 0) is 4.79 Å². The molecule has 1 unspecified atom stereocenters. The van der Waals surface area contributed by atoms with E-state index >= 15 is 0 Å². The van der Waals surface area contributed by atoms with Gasteiger partial charge in [0.15, 0.2) is 0 Å². The second-order valence-corrected chi connectivity index (χ2v) is 4.91. The number of hydrogen-bond donors (Lipinski definition) is 1. The number of hydrogen-bond acceptors (Lipinski definition) is 1. The van der Waals surface area contributed by atoms with Crippen molar-refractivity contribution in [3.63, 3.8) is 0 Å². The van der Waals surface area contributed by atoms with Crippen molar-refractivity contribution in [3.05, 3.63) is 23.3 Å². The molecule has 0 aromatic heterocycles. The lowest BCUT2D eigenvalue weighted by Crippen LogP contribution is -2.16. The number of rotatable bonds is 3. The lowest BCUT2D eigenvalue weighted by atomic mass is 9.80. The van der Waals surface area contributed by atoms with E-state index in [1.165, 1.54) is 5.57 Å². The van der Waals surface area contributed by atoms with E-state index in [0.29, 0.717) is 23.3 Å². The molecule has 0 heterocycles. The number of aliphatic carboxylic acids is 1. The van der Waals surface area contributed by atoms with Gasteiger partial charge >= 0.3 is 5.97 Å². The predicted octanol–water partition coefficient (Wildman–Crippen LogP) is 3.26. The van der Waals surface area contributed by atoms with Crippen molar-refractivity contribution in [3.8, 4) is 0 Å². The highest BCUT2D eigenvalue weighted by Gasteiger charge is 2.22. The highest BCUT2D eigenvalue weighted by molar-refractivity contribution is 5.90. The third-order valence-electron chi connectivity index (χ3n) is 3.05. The second-order valence-electron chi connectivity index (χ2n) is 4.91. The Morgan fingerprint density at radius 3 is 2.40 bits per heavy atom. The smallest absolute Gasteiger partial charge is 0.335 e. The lowest BCUT2D eigenvalue weighted by molar-refractivity contribution is -0.132. The second kappa shape index (κ2) is 4.65. The molecule has 15 heavy (non-hydrogen) atoms. The topological polar surface area (TPSA) is 37.3 Å².